The second-order valence-corrected chi connectivity index (χ2v) is 5.49. The molecule has 1 N–H and O–H groups in total. The molecule has 0 aromatic heterocycles. The maximum atomic E-state index is 11.3. The van der Waals surface area contributed by atoms with Crippen molar-refractivity contribution in [2.75, 3.05) is 0 Å². The van der Waals surface area contributed by atoms with E-state index in [1.807, 2.05) is 6.08 Å². The van der Waals surface area contributed by atoms with Crippen LogP contribution in [0.1, 0.15) is 40.0 Å². The summed E-state index contributed by atoms with van der Waals surface area (Å²) in [6.45, 7) is 5.64. The highest BCUT2D eigenvalue weighted by atomic mass is 16.6. The number of carbonyl (C=O) groups excluding carboxylic acids is 1. The van der Waals surface area contributed by atoms with Crippen LogP contribution in [-0.2, 0) is 9.53 Å². The fraction of sp³-hybridized carbons (Fsp3) is 0.750. The molecule has 15 heavy (non-hydrogen) atoms. The van der Waals surface area contributed by atoms with Gasteiger partial charge in [-0.1, -0.05) is 6.92 Å². The Balaban J connectivity index is 2.27. The molecule has 1 aliphatic heterocycles. The van der Waals surface area contributed by atoms with E-state index in [1.54, 1.807) is 13.8 Å². The zero-order chi connectivity index (χ0) is 11.3. The van der Waals surface area contributed by atoms with Gasteiger partial charge in [0.25, 0.3) is 0 Å². The van der Waals surface area contributed by atoms with Gasteiger partial charge in [-0.05, 0) is 38.3 Å². The van der Waals surface area contributed by atoms with Gasteiger partial charge in [0.15, 0.2) is 0 Å². The van der Waals surface area contributed by atoms with E-state index in [0.29, 0.717) is 6.42 Å². The van der Waals surface area contributed by atoms with Gasteiger partial charge in [-0.15, -0.1) is 0 Å². The SMILES string of the molecule is CC(C)(O)C1=C[C@@H]2OC(=O)C[C@]2(C)CC1. The summed E-state index contributed by atoms with van der Waals surface area (Å²) < 4.78 is 5.27. The largest absolute Gasteiger partial charge is 0.457 e. The van der Waals surface area contributed by atoms with E-state index < -0.39 is 5.60 Å². The van der Waals surface area contributed by atoms with Gasteiger partial charge in [-0.25, -0.2) is 0 Å². The Kier molecular flexibility index (Phi) is 2.19. The van der Waals surface area contributed by atoms with Crippen LogP contribution in [0.25, 0.3) is 0 Å². The number of esters is 1. The summed E-state index contributed by atoms with van der Waals surface area (Å²) in [5, 5.41) is 9.90. The number of ether oxygens (including phenoxy) is 1. The highest BCUT2D eigenvalue weighted by molar-refractivity contribution is 5.73. The van der Waals surface area contributed by atoms with Gasteiger partial charge in [0.1, 0.15) is 6.10 Å². The maximum absolute atomic E-state index is 11.3. The molecule has 2 atom stereocenters. The molecule has 0 saturated carbocycles. The Bertz CT molecular complexity index is 324. The third kappa shape index (κ3) is 1.81. The van der Waals surface area contributed by atoms with Crippen molar-refractivity contribution in [3.63, 3.8) is 0 Å². The quantitative estimate of drug-likeness (QED) is 0.530. The molecule has 0 radical (unpaired) electrons. The van der Waals surface area contributed by atoms with E-state index >= 15 is 0 Å². The van der Waals surface area contributed by atoms with Crippen LogP contribution in [0.3, 0.4) is 0 Å². The van der Waals surface area contributed by atoms with Crippen molar-refractivity contribution in [3.05, 3.63) is 11.6 Å². The summed E-state index contributed by atoms with van der Waals surface area (Å²) in [6.07, 6.45) is 4.08. The molecular weight excluding hydrogens is 192 g/mol. The van der Waals surface area contributed by atoms with Gasteiger partial charge in [0.05, 0.1) is 12.0 Å². The average molecular weight is 210 g/mol. The van der Waals surface area contributed by atoms with Crippen LogP contribution in [0.4, 0.5) is 0 Å². The van der Waals surface area contributed by atoms with Gasteiger partial charge in [0, 0.05) is 5.41 Å². The van der Waals surface area contributed by atoms with Gasteiger partial charge in [-0.2, -0.15) is 0 Å². The third-order valence-corrected chi connectivity index (χ3v) is 3.60. The molecule has 0 spiro atoms. The minimum Gasteiger partial charge on any atom is -0.457 e. The number of carbonyl (C=O) groups is 1. The monoisotopic (exact) mass is 210 g/mol. The predicted molar refractivity (Wildman–Crippen MR) is 56.2 cm³/mol. The van der Waals surface area contributed by atoms with Crippen LogP contribution in [0.5, 0.6) is 0 Å². The Morgan fingerprint density at radius 3 is 2.87 bits per heavy atom. The predicted octanol–water partition coefficient (Wildman–Crippen LogP) is 1.80. The molecule has 84 valence electrons. The average Bonchev–Trinajstić information content (AvgIpc) is 2.35. The molecule has 0 amide bonds. The third-order valence-electron chi connectivity index (χ3n) is 3.60. The van der Waals surface area contributed by atoms with Crippen molar-refractivity contribution in [1.82, 2.24) is 0 Å². The second-order valence-electron chi connectivity index (χ2n) is 5.49. The van der Waals surface area contributed by atoms with Crippen LogP contribution in [0.2, 0.25) is 0 Å². The Morgan fingerprint density at radius 2 is 2.27 bits per heavy atom. The minimum atomic E-state index is -0.795. The lowest BCUT2D eigenvalue weighted by atomic mass is 9.71. The van der Waals surface area contributed by atoms with Crippen LogP contribution in [0.15, 0.2) is 11.6 Å². The fourth-order valence-electron chi connectivity index (χ4n) is 2.42. The van der Waals surface area contributed by atoms with E-state index in [-0.39, 0.29) is 17.5 Å². The molecular formula is C12H18O3. The van der Waals surface area contributed by atoms with E-state index in [2.05, 4.69) is 6.92 Å². The van der Waals surface area contributed by atoms with Gasteiger partial charge >= 0.3 is 5.97 Å². The molecule has 2 aliphatic rings. The molecule has 2 rings (SSSR count). The molecule has 1 fully saturated rings. The number of rotatable bonds is 1. The highest BCUT2D eigenvalue weighted by Gasteiger charge is 2.47. The summed E-state index contributed by atoms with van der Waals surface area (Å²) in [6, 6.07) is 0. The number of fused-ring (bicyclic) bond motifs is 1. The van der Waals surface area contributed by atoms with E-state index in [1.165, 1.54) is 0 Å². The molecule has 0 unspecified atom stereocenters. The summed E-state index contributed by atoms with van der Waals surface area (Å²) in [5.41, 5.74) is 0.141. The van der Waals surface area contributed by atoms with Crippen molar-refractivity contribution < 1.29 is 14.6 Å². The zero-order valence-electron chi connectivity index (χ0n) is 9.54. The highest BCUT2D eigenvalue weighted by Crippen LogP contribution is 2.46. The maximum Gasteiger partial charge on any atom is 0.307 e. The zero-order valence-corrected chi connectivity index (χ0v) is 9.54. The standard InChI is InChI=1S/C12H18O3/c1-11(2,14)8-4-5-12(3)7-10(13)15-9(12)6-8/h6,9,14H,4-5,7H2,1-3H3/t9-,12-/m0/s1. The van der Waals surface area contributed by atoms with Crippen LogP contribution >= 0.6 is 0 Å². The first-order valence-corrected chi connectivity index (χ1v) is 5.44. The first-order valence-electron chi connectivity index (χ1n) is 5.44. The summed E-state index contributed by atoms with van der Waals surface area (Å²) >= 11 is 0. The summed E-state index contributed by atoms with van der Waals surface area (Å²) in [4.78, 5) is 11.3. The Hall–Kier alpha value is -0.830. The minimum absolute atomic E-state index is 0.0498. The first-order chi connectivity index (χ1) is 6.81. The second kappa shape index (κ2) is 3.08. The Labute approximate surface area is 90.1 Å². The lowest BCUT2D eigenvalue weighted by molar-refractivity contribution is -0.140. The molecule has 3 nitrogen and oxygen atoms in total. The van der Waals surface area contributed by atoms with Gasteiger partial charge in [-0.3, -0.25) is 4.79 Å². The normalized spacial score (nSPS) is 35.9. The number of hydrogen-bond donors (Lipinski definition) is 1. The smallest absolute Gasteiger partial charge is 0.307 e. The number of aliphatic hydroxyl groups is 1. The molecule has 1 heterocycles. The van der Waals surface area contributed by atoms with E-state index in [0.717, 1.165) is 18.4 Å². The van der Waals surface area contributed by atoms with Gasteiger partial charge in [0.2, 0.25) is 0 Å². The molecule has 1 aliphatic carbocycles. The Morgan fingerprint density at radius 1 is 1.60 bits per heavy atom. The van der Waals surface area contributed by atoms with Crippen LogP contribution < -0.4 is 0 Å². The van der Waals surface area contributed by atoms with Crippen molar-refractivity contribution in [2.45, 2.75) is 51.7 Å². The fourth-order valence-corrected chi connectivity index (χ4v) is 2.42. The molecule has 0 aromatic carbocycles. The molecule has 0 aromatic rings. The van der Waals surface area contributed by atoms with Gasteiger partial charge < -0.3 is 9.84 Å². The van der Waals surface area contributed by atoms with Crippen molar-refractivity contribution >= 4 is 5.97 Å². The molecule has 3 heteroatoms. The lowest BCUT2D eigenvalue weighted by Gasteiger charge is -2.35. The van der Waals surface area contributed by atoms with Crippen LogP contribution in [0, 0.1) is 5.41 Å². The summed E-state index contributed by atoms with van der Waals surface area (Å²) in [5.74, 6) is -0.115. The van der Waals surface area contributed by atoms with Crippen molar-refractivity contribution in [2.24, 2.45) is 5.41 Å². The molecule has 1 saturated heterocycles. The lowest BCUT2D eigenvalue weighted by Crippen LogP contribution is -2.34. The van der Waals surface area contributed by atoms with Crippen LogP contribution in [-0.4, -0.2) is 22.8 Å². The summed E-state index contributed by atoms with van der Waals surface area (Å²) in [7, 11) is 0. The van der Waals surface area contributed by atoms with Crippen molar-refractivity contribution in [1.29, 1.82) is 0 Å². The topological polar surface area (TPSA) is 46.5 Å². The number of hydrogen-bond acceptors (Lipinski definition) is 3. The van der Waals surface area contributed by atoms with E-state index in [4.69, 9.17) is 4.74 Å². The van der Waals surface area contributed by atoms with E-state index in [9.17, 15) is 9.90 Å². The molecule has 0 bridgehead atoms. The first kappa shape index (κ1) is 10.7. The van der Waals surface area contributed by atoms with Crippen molar-refractivity contribution in [3.8, 4) is 0 Å².